The van der Waals surface area contributed by atoms with Crippen molar-refractivity contribution in [2.24, 2.45) is 12.8 Å². The lowest BCUT2D eigenvalue weighted by atomic mass is 10.2. The second-order valence-corrected chi connectivity index (χ2v) is 9.35. The molecule has 0 atom stereocenters. The number of nitrogens with two attached hydrogens (primary N) is 1. The number of rotatable bonds is 7. The third-order valence-electron chi connectivity index (χ3n) is 5.92. The molecule has 0 aliphatic carbocycles. The number of nitrogens with one attached hydrogen (secondary N) is 1. The molecule has 0 radical (unpaired) electrons. The molecule has 0 bridgehead atoms. The maximum Gasteiger partial charge on any atom is 0.417 e. The highest BCUT2D eigenvalue weighted by Crippen LogP contribution is 2.36. The summed E-state index contributed by atoms with van der Waals surface area (Å²) in [5.41, 5.74) is 4.89. The largest absolute Gasteiger partial charge is 0.450 e. The van der Waals surface area contributed by atoms with Gasteiger partial charge in [-0.05, 0) is 11.6 Å². The van der Waals surface area contributed by atoms with E-state index in [0.717, 1.165) is 23.0 Å². The molecule has 15 heteroatoms. The second kappa shape index (κ2) is 11.1. The first-order chi connectivity index (χ1) is 19.6. The molecule has 4 heterocycles. The van der Waals surface area contributed by atoms with Gasteiger partial charge in [-0.3, -0.25) is 4.79 Å². The SMILES string of the molecule is Cn1c(Nc2cc(C(F)(F)F)cn(Cc3ccccc3)c2=O)nc2ncc(OC(=CN)c3nccnc3Cl)c(Cl)c21. The quantitative estimate of drug-likeness (QED) is 0.238. The fourth-order valence-electron chi connectivity index (χ4n) is 3.96. The standard InChI is InChI=1S/C26H19Cl2F3N8O2/c1-38-21-19(27)18(41-17(10-32)20-22(28)34-8-7-33-20)11-35-23(21)37-25(38)36-16-9-15(26(29,30)31)13-39(24(16)40)12-14-5-3-2-4-6-14/h2-11,13H,12,32H2,1H3,(H,35,36,37). The Labute approximate surface area is 239 Å². The van der Waals surface area contributed by atoms with Crippen molar-refractivity contribution in [2.45, 2.75) is 12.7 Å². The van der Waals surface area contributed by atoms with E-state index in [4.69, 9.17) is 33.7 Å². The maximum absolute atomic E-state index is 13.7. The first kappa shape index (κ1) is 27.9. The van der Waals surface area contributed by atoms with Gasteiger partial charge in [-0.2, -0.15) is 18.2 Å². The molecule has 0 spiro atoms. The van der Waals surface area contributed by atoms with Crippen LogP contribution in [-0.2, 0) is 19.8 Å². The lowest BCUT2D eigenvalue weighted by Gasteiger charge is -2.15. The van der Waals surface area contributed by atoms with E-state index < -0.39 is 17.3 Å². The van der Waals surface area contributed by atoms with E-state index in [0.29, 0.717) is 5.56 Å². The molecule has 4 aromatic heterocycles. The number of aromatic nitrogens is 6. The number of benzene rings is 1. The number of alkyl halides is 3. The first-order valence-electron chi connectivity index (χ1n) is 11.8. The lowest BCUT2D eigenvalue weighted by Crippen LogP contribution is -2.25. The Balaban J connectivity index is 1.53. The smallest absolute Gasteiger partial charge is 0.417 e. The molecule has 210 valence electrons. The van der Waals surface area contributed by atoms with E-state index >= 15 is 0 Å². The van der Waals surface area contributed by atoms with E-state index in [9.17, 15) is 18.0 Å². The number of halogens is 5. The van der Waals surface area contributed by atoms with E-state index in [2.05, 4.69) is 25.3 Å². The minimum Gasteiger partial charge on any atom is -0.450 e. The molecule has 0 saturated heterocycles. The zero-order valence-electron chi connectivity index (χ0n) is 21.0. The summed E-state index contributed by atoms with van der Waals surface area (Å²) >= 11 is 12.7. The minimum absolute atomic E-state index is 0.0146. The van der Waals surface area contributed by atoms with Gasteiger partial charge < -0.3 is 24.9 Å². The fourth-order valence-corrected chi connectivity index (χ4v) is 4.46. The summed E-state index contributed by atoms with van der Waals surface area (Å²) in [5, 5.41) is 2.81. The van der Waals surface area contributed by atoms with Gasteiger partial charge in [0.25, 0.3) is 5.56 Å². The van der Waals surface area contributed by atoms with Gasteiger partial charge in [0, 0.05) is 31.8 Å². The Kier molecular flexibility index (Phi) is 7.56. The average Bonchev–Trinajstić information content (AvgIpc) is 3.26. The normalized spacial score (nSPS) is 12.1. The molecule has 0 fully saturated rings. The summed E-state index contributed by atoms with van der Waals surface area (Å²) in [7, 11) is 1.55. The molecule has 0 saturated carbocycles. The Morgan fingerprint density at radius 3 is 2.56 bits per heavy atom. The van der Waals surface area contributed by atoms with Crippen LogP contribution in [0, 0.1) is 0 Å². The summed E-state index contributed by atoms with van der Waals surface area (Å²) in [6.45, 7) is -0.0678. The van der Waals surface area contributed by atoms with Crippen molar-refractivity contribution in [2.75, 3.05) is 5.32 Å². The zero-order valence-corrected chi connectivity index (χ0v) is 22.5. The number of imidazole rings is 1. The molecule has 1 aromatic carbocycles. The van der Waals surface area contributed by atoms with Crippen LogP contribution in [0.4, 0.5) is 24.8 Å². The van der Waals surface area contributed by atoms with Crippen LogP contribution in [0.5, 0.6) is 5.75 Å². The van der Waals surface area contributed by atoms with Crippen LogP contribution in [0.1, 0.15) is 16.8 Å². The van der Waals surface area contributed by atoms with Crippen LogP contribution in [0.3, 0.4) is 0 Å². The van der Waals surface area contributed by atoms with Gasteiger partial charge in [0.15, 0.2) is 22.3 Å². The van der Waals surface area contributed by atoms with Gasteiger partial charge in [0.2, 0.25) is 5.95 Å². The number of aryl methyl sites for hydroxylation is 1. The van der Waals surface area contributed by atoms with Gasteiger partial charge in [-0.15, -0.1) is 0 Å². The van der Waals surface area contributed by atoms with Crippen molar-refractivity contribution in [1.29, 1.82) is 0 Å². The second-order valence-electron chi connectivity index (χ2n) is 8.62. The number of hydrogen-bond donors (Lipinski definition) is 2. The summed E-state index contributed by atoms with van der Waals surface area (Å²) in [6, 6.07) is 9.38. The van der Waals surface area contributed by atoms with Crippen molar-refractivity contribution in [1.82, 2.24) is 29.1 Å². The highest BCUT2D eigenvalue weighted by Gasteiger charge is 2.32. The number of ether oxygens (including phenoxy) is 1. The van der Waals surface area contributed by atoms with Crippen molar-refractivity contribution in [3.8, 4) is 5.75 Å². The van der Waals surface area contributed by atoms with Gasteiger partial charge in [-0.25, -0.2) is 15.0 Å². The van der Waals surface area contributed by atoms with Crippen LogP contribution >= 0.6 is 23.2 Å². The molecule has 10 nitrogen and oxygen atoms in total. The topological polar surface area (TPSA) is 126 Å². The molecule has 0 aliphatic heterocycles. The number of nitrogens with zero attached hydrogens (tertiary/aromatic N) is 6. The van der Waals surface area contributed by atoms with Crippen molar-refractivity contribution >= 4 is 51.8 Å². The van der Waals surface area contributed by atoms with Crippen molar-refractivity contribution in [3.63, 3.8) is 0 Å². The number of hydrogen-bond acceptors (Lipinski definition) is 8. The average molecular weight is 603 g/mol. The molecular weight excluding hydrogens is 584 g/mol. The van der Waals surface area contributed by atoms with E-state index in [1.165, 1.54) is 23.2 Å². The van der Waals surface area contributed by atoms with Gasteiger partial charge in [0.05, 0.1) is 18.3 Å². The van der Waals surface area contributed by atoms with E-state index in [1.807, 2.05) is 0 Å². The van der Waals surface area contributed by atoms with Crippen LogP contribution in [-0.4, -0.2) is 29.1 Å². The molecule has 5 rings (SSSR count). The molecule has 3 N–H and O–H groups in total. The summed E-state index contributed by atoms with van der Waals surface area (Å²) in [4.78, 5) is 29.8. The summed E-state index contributed by atoms with van der Waals surface area (Å²) < 4.78 is 49.5. The summed E-state index contributed by atoms with van der Waals surface area (Å²) in [6.07, 6.45) is 1.28. The number of pyridine rings is 2. The Bertz CT molecular complexity index is 1840. The predicted octanol–water partition coefficient (Wildman–Crippen LogP) is 5.37. The van der Waals surface area contributed by atoms with Crippen LogP contribution < -0.4 is 21.3 Å². The zero-order chi connectivity index (χ0) is 29.3. The van der Waals surface area contributed by atoms with E-state index in [1.54, 1.807) is 37.4 Å². The van der Waals surface area contributed by atoms with Crippen molar-refractivity contribution in [3.05, 3.63) is 105 Å². The Hall–Kier alpha value is -4.62. The minimum atomic E-state index is -4.70. The Morgan fingerprint density at radius 2 is 1.88 bits per heavy atom. The molecule has 0 amide bonds. The van der Waals surface area contributed by atoms with Gasteiger partial charge in [0.1, 0.15) is 21.9 Å². The first-order valence-corrected chi connectivity index (χ1v) is 12.5. The molecule has 5 aromatic rings. The molecular formula is C26H19Cl2F3N8O2. The third-order valence-corrected chi connectivity index (χ3v) is 6.56. The molecule has 41 heavy (non-hydrogen) atoms. The van der Waals surface area contributed by atoms with Crippen LogP contribution in [0.2, 0.25) is 10.2 Å². The van der Waals surface area contributed by atoms with Crippen LogP contribution in [0.25, 0.3) is 16.9 Å². The highest BCUT2D eigenvalue weighted by molar-refractivity contribution is 6.36. The summed E-state index contributed by atoms with van der Waals surface area (Å²) in [5.74, 6) is 0.131. The number of fused-ring (bicyclic) bond motifs is 1. The Morgan fingerprint density at radius 1 is 1.15 bits per heavy atom. The third kappa shape index (κ3) is 5.67. The monoisotopic (exact) mass is 602 g/mol. The molecule has 0 unspecified atom stereocenters. The van der Waals surface area contributed by atoms with Crippen LogP contribution in [0.15, 0.2) is 72.2 Å². The maximum atomic E-state index is 13.7. The lowest BCUT2D eigenvalue weighted by molar-refractivity contribution is -0.138. The number of anilines is 2. The fraction of sp³-hybridized carbons (Fsp3) is 0.115. The van der Waals surface area contributed by atoms with E-state index in [-0.39, 0.29) is 56.7 Å². The highest BCUT2D eigenvalue weighted by atomic mass is 35.5. The van der Waals surface area contributed by atoms with Crippen molar-refractivity contribution < 1.29 is 17.9 Å². The van der Waals surface area contributed by atoms with Gasteiger partial charge >= 0.3 is 6.18 Å². The van der Waals surface area contributed by atoms with Gasteiger partial charge in [-0.1, -0.05) is 53.5 Å². The molecule has 0 aliphatic rings. The predicted molar refractivity (Wildman–Crippen MR) is 148 cm³/mol.